The average molecular weight is 424 g/mol. The number of aryl methyl sites for hydroxylation is 2. The highest BCUT2D eigenvalue weighted by atomic mass is 16.4. The summed E-state index contributed by atoms with van der Waals surface area (Å²) in [6, 6.07) is 11.0. The zero-order chi connectivity index (χ0) is 22.4. The van der Waals surface area contributed by atoms with Crippen molar-refractivity contribution in [2.24, 2.45) is 5.92 Å². The summed E-state index contributed by atoms with van der Waals surface area (Å²) in [5.41, 5.74) is 2.88. The number of hydrogen-bond donors (Lipinski definition) is 1. The van der Waals surface area contributed by atoms with Gasteiger partial charge < -0.3 is 19.5 Å². The number of aromatic nitrogens is 1. The SMILES string of the molecule is CCCc1ccc(C(NCC(=O)N2CCN(c3oc(C)nc3C#N)CC2)C(C)C)cc1. The second-order valence-electron chi connectivity index (χ2n) is 8.46. The van der Waals surface area contributed by atoms with Crippen LogP contribution in [0.1, 0.15) is 55.9 Å². The predicted octanol–water partition coefficient (Wildman–Crippen LogP) is 3.44. The molecule has 1 N–H and O–H groups in total. The van der Waals surface area contributed by atoms with Crippen LogP contribution in [0.4, 0.5) is 5.88 Å². The van der Waals surface area contributed by atoms with Crippen LogP contribution in [-0.4, -0.2) is 48.5 Å². The summed E-state index contributed by atoms with van der Waals surface area (Å²) in [7, 11) is 0. The summed E-state index contributed by atoms with van der Waals surface area (Å²) in [5, 5.41) is 12.7. The van der Waals surface area contributed by atoms with Gasteiger partial charge >= 0.3 is 0 Å². The monoisotopic (exact) mass is 423 g/mol. The van der Waals surface area contributed by atoms with Crippen molar-refractivity contribution >= 4 is 11.8 Å². The molecule has 1 amide bonds. The normalized spacial score (nSPS) is 15.2. The number of anilines is 1. The Morgan fingerprint density at radius 1 is 1.23 bits per heavy atom. The van der Waals surface area contributed by atoms with Gasteiger partial charge in [0.25, 0.3) is 0 Å². The maximum Gasteiger partial charge on any atom is 0.236 e. The molecule has 3 rings (SSSR count). The molecule has 0 saturated carbocycles. The van der Waals surface area contributed by atoms with Crippen molar-refractivity contribution in [3.8, 4) is 6.07 Å². The molecule has 2 aromatic rings. The molecule has 166 valence electrons. The van der Waals surface area contributed by atoms with Crippen LogP contribution in [0.5, 0.6) is 0 Å². The van der Waals surface area contributed by atoms with Gasteiger partial charge in [0.1, 0.15) is 6.07 Å². The number of amides is 1. The van der Waals surface area contributed by atoms with Crippen LogP contribution < -0.4 is 10.2 Å². The topological polar surface area (TPSA) is 85.4 Å². The Morgan fingerprint density at radius 2 is 1.90 bits per heavy atom. The first-order valence-electron chi connectivity index (χ1n) is 11.1. The standard InChI is InChI=1S/C24H33N5O2/c1-5-6-19-7-9-20(10-8-19)23(17(2)3)26-16-22(30)28-11-13-29(14-12-28)24-21(15-25)27-18(4)31-24/h7-10,17,23,26H,5-6,11-14,16H2,1-4H3. The maximum atomic E-state index is 12.8. The molecule has 1 unspecified atom stereocenters. The van der Waals surface area contributed by atoms with Crippen LogP contribution in [0.3, 0.4) is 0 Å². The number of rotatable bonds is 8. The molecule has 0 aliphatic carbocycles. The third kappa shape index (κ3) is 5.65. The van der Waals surface area contributed by atoms with Gasteiger partial charge in [0, 0.05) is 39.1 Å². The summed E-state index contributed by atoms with van der Waals surface area (Å²) in [4.78, 5) is 20.8. The minimum Gasteiger partial charge on any atom is -0.424 e. The minimum absolute atomic E-state index is 0.0992. The number of oxazole rings is 1. The molecule has 0 spiro atoms. The number of benzene rings is 1. The third-order valence-electron chi connectivity index (χ3n) is 5.76. The molecule has 7 nitrogen and oxygen atoms in total. The van der Waals surface area contributed by atoms with E-state index in [1.807, 2.05) is 9.80 Å². The van der Waals surface area contributed by atoms with Crippen LogP contribution >= 0.6 is 0 Å². The molecule has 31 heavy (non-hydrogen) atoms. The first kappa shape index (κ1) is 22.8. The Morgan fingerprint density at radius 3 is 2.48 bits per heavy atom. The van der Waals surface area contributed by atoms with E-state index in [0.717, 1.165) is 12.8 Å². The lowest BCUT2D eigenvalue weighted by Gasteiger charge is -2.35. The summed E-state index contributed by atoms with van der Waals surface area (Å²) in [5.74, 6) is 1.47. The number of nitrogens with zero attached hydrogens (tertiary/aromatic N) is 4. The smallest absolute Gasteiger partial charge is 0.236 e. The van der Waals surface area contributed by atoms with Crippen LogP contribution in [0.25, 0.3) is 0 Å². The molecule has 1 aromatic heterocycles. The molecule has 2 heterocycles. The predicted molar refractivity (Wildman–Crippen MR) is 121 cm³/mol. The van der Waals surface area contributed by atoms with Crippen molar-refractivity contribution in [2.45, 2.75) is 46.6 Å². The lowest BCUT2D eigenvalue weighted by Crippen LogP contribution is -2.51. The summed E-state index contributed by atoms with van der Waals surface area (Å²) >= 11 is 0. The molecule has 0 radical (unpaired) electrons. The highest BCUT2D eigenvalue weighted by Crippen LogP contribution is 2.24. The molecular formula is C24H33N5O2. The quantitative estimate of drug-likeness (QED) is 0.700. The Balaban J connectivity index is 1.54. The first-order valence-corrected chi connectivity index (χ1v) is 11.1. The van der Waals surface area contributed by atoms with E-state index in [1.165, 1.54) is 11.1 Å². The molecule has 1 saturated heterocycles. The van der Waals surface area contributed by atoms with Crippen molar-refractivity contribution in [3.63, 3.8) is 0 Å². The van der Waals surface area contributed by atoms with Gasteiger partial charge in [-0.2, -0.15) is 5.26 Å². The Bertz CT molecular complexity index is 905. The van der Waals surface area contributed by atoms with Gasteiger partial charge in [-0.3, -0.25) is 4.79 Å². The minimum atomic E-state index is 0.0992. The van der Waals surface area contributed by atoms with Crippen LogP contribution in [0.15, 0.2) is 28.7 Å². The number of nitriles is 1. The van der Waals surface area contributed by atoms with Gasteiger partial charge in [0.2, 0.25) is 17.5 Å². The van der Waals surface area contributed by atoms with Crippen molar-refractivity contribution in [1.29, 1.82) is 5.26 Å². The fourth-order valence-corrected chi connectivity index (χ4v) is 4.09. The Kier molecular flexibility index (Phi) is 7.69. The molecule has 0 bridgehead atoms. The highest BCUT2D eigenvalue weighted by molar-refractivity contribution is 5.78. The van der Waals surface area contributed by atoms with E-state index in [4.69, 9.17) is 4.42 Å². The lowest BCUT2D eigenvalue weighted by atomic mass is 9.94. The number of hydrogen-bond acceptors (Lipinski definition) is 6. The van der Waals surface area contributed by atoms with E-state index in [1.54, 1.807) is 6.92 Å². The summed E-state index contributed by atoms with van der Waals surface area (Å²) in [6.07, 6.45) is 2.23. The second kappa shape index (κ2) is 10.5. The molecule has 7 heteroatoms. The zero-order valence-corrected chi connectivity index (χ0v) is 19.0. The number of piperazine rings is 1. The average Bonchev–Trinajstić information content (AvgIpc) is 3.15. The van der Waals surface area contributed by atoms with E-state index in [-0.39, 0.29) is 11.9 Å². The van der Waals surface area contributed by atoms with Crippen molar-refractivity contribution in [3.05, 3.63) is 47.0 Å². The molecular weight excluding hydrogens is 390 g/mol. The number of nitrogens with one attached hydrogen (secondary N) is 1. The third-order valence-corrected chi connectivity index (χ3v) is 5.76. The number of carbonyl (C=O) groups excluding carboxylic acids is 1. The molecule has 1 aliphatic rings. The van der Waals surface area contributed by atoms with Gasteiger partial charge in [-0.15, -0.1) is 0 Å². The van der Waals surface area contributed by atoms with Crippen molar-refractivity contribution in [1.82, 2.24) is 15.2 Å². The summed E-state index contributed by atoms with van der Waals surface area (Å²) < 4.78 is 5.60. The van der Waals surface area contributed by atoms with Crippen molar-refractivity contribution < 1.29 is 9.21 Å². The van der Waals surface area contributed by atoms with E-state index in [2.05, 4.69) is 61.4 Å². The van der Waals surface area contributed by atoms with Crippen LogP contribution in [-0.2, 0) is 11.2 Å². The van der Waals surface area contributed by atoms with Crippen molar-refractivity contribution in [2.75, 3.05) is 37.6 Å². The maximum absolute atomic E-state index is 12.8. The second-order valence-corrected chi connectivity index (χ2v) is 8.46. The Hall–Kier alpha value is -2.85. The highest BCUT2D eigenvalue weighted by Gasteiger charge is 2.26. The van der Waals surface area contributed by atoms with Gasteiger partial charge in [0.05, 0.1) is 6.54 Å². The summed E-state index contributed by atoms with van der Waals surface area (Å²) in [6.45, 7) is 11.0. The molecule has 1 atom stereocenters. The Labute approximate surface area is 185 Å². The van der Waals surface area contributed by atoms with E-state index < -0.39 is 0 Å². The number of carbonyl (C=O) groups is 1. The van der Waals surface area contributed by atoms with Crippen LogP contribution in [0.2, 0.25) is 0 Å². The van der Waals surface area contributed by atoms with Gasteiger partial charge in [-0.05, 0) is 23.5 Å². The molecule has 1 aromatic carbocycles. The zero-order valence-electron chi connectivity index (χ0n) is 19.0. The van der Waals surface area contributed by atoms with E-state index in [0.29, 0.717) is 56.1 Å². The van der Waals surface area contributed by atoms with Crippen LogP contribution in [0, 0.1) is 24.2 Å². The molecule has 1 fully saturated rings. The van der Waals surface area contributed by atoms with E-state index >= 15 is 0 Å². The van der Waals surface area contributed by atoms with Gasteiger partial charge in [-0.25, -0.2) is 4.98 Å². The largest absolute Gasteiger partial charge is 0.424 e. The van der Waals surface area contributed by atoms with Gasteiger partial charge in [0.15, 0.2) is 5.89 Å². The fraction of sp³-hybridized carbons (Fsp3) is 0.542. The first-order chi connectivity index (χ1) is 14.9. The van der Waals surface area contributed by atoms with Gasteiger partial charge in [-0.1, -0.05) is 51.5 Å². The van der Waals surface area contributed by atoms with E-state index in [9.17, 15) is 10.1 Å². The molecule has 1 aliphatic heterocycles. The fourth-order valence-electron chi connectivity index (χ4n) is 4.09. The lowest BCUT2D eigenvalue weighted by molar-refractivity contribution is -0.130.